The average molecular weight is 551 g/mol. The highest BCUT2D eigenvalue weighted by Crippen LogP contribution is 2.35. The summed E-state index contributed by atoms with van der Waals surface area (Å²) in [5.41, 5.74) is 0. The van der Waals surface area contributed by atoms with Crippen LogP contribution in [0.3, 0.4) is 0 Å². The van der Waals surface area contributed by atoms with Gasteiger partial charge in [-0.05, 0) is 70.6 Å². The molecule has 4 aliphatic rings. The van der Waals surface area contributed by atoms with Crippen LogP contribution in [-0.4, -0.2) is 74.9 Å². The Hall–Kier alpha value is -1.97. The van der Waals surface area contributed by atoms with Crippen molar-refractivity contribution < 1.29 is 42.8 Å². The van der Waals surface area contributed by atoms with Gasteiger partial charge in [0.05, 0.1) is 43.9 Å². The molecule has 0 aromatic carbocycles. The number of unbranched alkanes of at least 4 members (excludes halogenated alkanes) is 3. The van der Waals surface area contributed by atoms with E-state index in [4.69, 9.17) is 28.4 Å². The highest BCUT2D eigenvalue weighted by molar-refractivity contribution is 5.81. The van der Waals surface area contributed by atoms with Gasteiger partial charge in [0, 0.05) is 18.6 Å². The molecule has 2 aliphatic carbocycles. The van der Waals surface area contributed by atoms with Gasteiger partial charge in [-0.3, -0.25) is 9.59 Å². The van der Waals surface area contributed by atoms with Crippen molar-refractivity contribution in [2.24, 2.45) is 17.8 Å². The van der Waals surface area contributed by atoms with E-state index in [1.807, 2.05) is 0 Å². The SMILES string of the molecule is C=CC(=O)OCCCCCCOC1CCC(C(=O)OC2CCC(C(=O)O[C@H]3CO[C@H]4[C@@H]3OC[C@H]4C)CC2)CC1. The first-order valence-electron chi connectivity index (χ1n) is 15.0. The molecular formula is C30H46O9. The lowest BCUT2D eigenvalue weighted by Gasteiger charge is -2.31. The Balaban J connectivity index is 1.03. The lowest BCUT2D eigenvalue weighted by molar-refractivity contribution is -0.163. The number of rotatable bonds is 13. The maximum absolute atomic E-state index is 12.8. The third-order valence-corrected chi connectivity index (χ3v) is 8.62. The van der Waals surface area contributed by atoms with E-state index in [1.165, 1.54) is 6.08 Å². The van der Waals surface area contributed by atoms with Crippen LogP contribution in [0.15, 0.2) is 12.7 Å². The summed E-state index contributed by atoms with van der Waals surface area (Å²) in [7, 11) is 0. The Bertz CT molecular complexity index is 813. The zero-order chi connectivity index (χ0) is 27.6. The van der Waals surface area contributed by atoms with E-state index in [1.54, 1.807) is 0 Å². The van der Waals surface area contributed by atoms with Crippen LogP contribution in [0.25, 0.3) is 0 Å². The summed E-state index contributed by atoms with van der Waals surface area (Å²) in [6.45, 7) is 7.68. The molecule has 0 aromatic heterocycles. The van der Waals surface area contributed by atoms with Gasteiger partial charge in [-0.15, -0.1) is 0 Å². The van der Waals surface area contributed by atoms with Crippen LogP contribution in [-0.2, 0) is 42.8 Å². The van der Waals surface area contributed by atoms with Gasteiger partial charge in [-0.2, -0.15) is 0 Å². The Labute approximate surface area is 232 Å². The molecule has 2 heterocycles. The van der Waals surface area contributed by atoms with Crippen molar-refractivity contribution in [1.29, 1.82) is 0 Å². The van der Waals surface area contributed by atoms with Crippen LogP contribution in [0.4, 0.5) is 0 Å². The molecule has 4 fully saturated rings. The molecule has 0 bridgehead atoms. The summed E-state index contributed by atoms with van der Waals surface area (Å²) in [4.78, 5) is 36.5. The van der Waals surface area contributed by atoms with E-state index in [0.29, 0.717) is 51.4 Å². The molecule has 0 spiro atoms. The normalized spacial score (nSPS) is 34.2. The first kappa shape index (κ1) is 30.0. The van der Waals surface area contributed by atoms with Crippen LogP contribution < -0.4 is 0 Å². The summed E-state index contributed by atoms with van der Waals surface area (Å²) in [5, 5.41) is 0. The molecule has 0 unspecified atom stereocenters. The average Bonchev–Trinajstić information content (AvgIpc) is 3.53. The molecule has 2 aliphatic heterocycles. The lowest BCUT2D eigenvalue weighted by Crippen LogP contribution is -2.37. The zero-order valence-electron chi connectivity index (χ0n) is 23.4. The second kappa shape index (κ2) is 15.1. The smallest absolute Gasteiger partial charge is 0.330 e. The number of hydrogen-bond acceptors (Lipinski definition) is 9. The van der Waals surface area contributed by atoms with Crippen LogP contribution in [0.1, 0.15) is 84.0 Å². The maximum atomic E-state index is 12.8. The number of esters is 3. The van der Waals surface area contributed by atoms with Gasteiger partial charge in [-0.25, -0.2) is 4.79 Å². The zero-order valence-corrected chi connectivity index (χ0v) is 23.4. The number of hydrogen-bond donors (Lipinski definition) is 0. The minimum absolute atomic E-state index is 0.0258. The predicted octanol–water partition coefficient (Wildman–Crippen LogP) is 4.30. The highest BCUT2D eigenvalue weighted by atomic mass is 16.6. The van der Waals surface area contributed by atoms with E-state index in [2.05, 4.69) is 13.5 Å². The van der Waals surface area contributed by atoms with Crippen LogP contribution >= 0.6 is 0 Å². The minimum Gasteiger partial charge on any atom is -0.463 e. The van der Waals surface area contributed by atoms with E-state index in [9.17, 15) is 14.4 Å². The van der Waals surface area contributed by atoms with E-state index >= 15 is 0 Å². The van der Waals surface area contributed by atoms with Gasteiger partial charge in [0.25, 0.3) is 0 Å². The number of carbonyl (C=O) groups excluding carboxylic acids is 3. The standard InChI is InChI=1S/C30H46O9/c1-3-26(31)35-17-7-5-4-6-16-34-23-12-8-21(9-13-23)29(32)38-24-14-10-22(11-15-24)30(33)39-25-19-37-27-20(2)18-36-28(25)27/h3,20-25,27-28H,1,4-19H2,2H3/t20-,21?,22?,23?,24?,25+,27-,28-/m1/s1. The van der Waals surface area contributed by atoms with Gasteiger partial charge < -0.3 is 28.4 Å². The quantitative estimate of drug-likeness (QED) is 0.144. The van der Waals surface area contributed by atoms with Crippen LogP contribution in [0.5, 0.6) is 0 Å². The molecule has 2 saturated carbocycles. The summed E-state index contributed by atoms with van der Waals surface area (Å²) >= 11 is 0. The molecule has 0 aromatic rings. The fourth-order valence-electron chi connectivity index (χ4n) is 6.18. The van der Waals surface area contributed by atoms with Crippen molar-refractivity contribution in [3.8, 4) is 0 Å². The molecule has 220 valence electrons. The summed E-state index contributed by atoms with van der Waals surface area (Å²) in [5.74, 6) is -0.529. The molecule has 0 N–H and O–H groups in total. The Morgan fingerprint density at radius 1 is 0.744 bits per heavy atom. The Morgan fingerprint density at radius 3 is 2.00 bits per heavy atom. The summed E-state index contributed by atoms with van der Waals surface area (Å²) in [6, 6.07) is 0. The van der Waals surface area contributed by atoms with Gasteiger partial charge in [0.1, 0.15) is 12.2 Å². The third kappa shape index (κ3) is 8.76. The first-order chi connectivity index (χ1) is 18.9. The Morgan fingerprint density at radius 2 is 1.33 bits per heavy atom. The summed E-state index contributed by atoms with van der Waals surface area (Å²) in [6.07, 6.45) is 10.8. The van der Waals surface area contributed by atoms with Crippen molar-refractivity contribution in [2.45, 2.75) is 114 Å². The van der Waals surface area contributed by atoms with Gasteiger partial charge in [0.15, 0.2) is 6.10 Å². The van der Waals surface area contributed by atoms with Crippen LogP contribution in [0.2, 0.25) is 0 Å². The molecule has 4 rings (SSSR count). The van der Waals surface area contributed by atoms with Crippen molar-refractivity contribution in [2.75, 3.05) is 26.4 Å². The van der Waals surface area contributed by atoms with E-state index in [-0.39, 0.29) is 60.3 Å². The number of fused-ring (bicyclic) bond motifs is 1. The molecule has 39 heavy (non-hydrogen) atoms. The first-order valence-corrected chi connectivity index (χ1v) is 15.0. The van der Waals surface area contributed by atoms with E-state index < -0.39 is 0 Å². The van der Waals surface area contributed by atoms with Crippen molar-refractivity contribution in [3.05, 3.63) is 12.7 Å². The molecular weight excluding hydrogens is 504 g/mol. The predicted molar refractivity (Wildman–Crippen MR) is 142 cm³/mol. The topological polar surface area (TPSA) is 107 Å². The highest BCUT2D eigenvalue weighted by Gasteiger charge is 2.48. The molecule has 9 heteroatoms. The largest absolute Gasteiger partial charge is 0.463 e. The van der Waals surface area contributed by atoms with Crippen molar-refractivity contribution in [1.82, 2.24) is 0 Å². The summed E-state index contributed by atoms with van der Waals surface area (Å²) < 4.78 is 34.2. The fourth-order valence-corrected chi connectivity index (χ4v) is 6.18. The molecule has 0 amide bonds. The van der Waals surface area contributed by atoms with Crippen LogP contribution in [0, 0.1) is 17.8 Å². The molecule has 4 atom stereocenters. The van der Waals surface area contributed by atoms with E-state index in [0.717, 1.165) is 58.0 Å². The second-order valence-corrected chi connectivity index (χ2v) is 11.6. The van der Waals surface area contributed by atoms with Gasteiger partial charge >= 0.3 is 17.9 Å². The number of carbonyl (C=O) groups is 3. The van der Waals surface area contributed by atoms with Crippen molar-refractivity contribution >= 4 is 17.9 Å². The monoisotopic (exact) mass is 550 g/mol. The number of ether oxygens (including phenoxy) is 6. The molecule has 2 saturated heterocycles. The maximum Gasteiger partial charge on any atom is 0.330 e. The lowest BCUT2D eigenvalue weighted by atomic mass is 9.86. The van der Waals surface area contributed by atoms with Gasteiger partial charge in [-0.1, -0.05) is 19.9 Å². The second-order valence-electron chi connectivity index (χ2n) is 11.6. The Kier molecular flexibility index (Phi) is 11.6. The third-order valence-electron chi connectivity index (χ3n) is 8.62. The minimum atomic E-state index is -0.370. The van der Waals surface area contributed by atoms with Crippen molar-refractivity contribution in [3.63, 3.8) is 0 Å². The van der Waals surface area contributed by atoms with Gasteiger partial charge in [0.2, 0.25) is 0 Å². The fraction of sp³-hybridized carbons (Fsp3) is 0.833. The molecule has 9 nitrogen and oxygen atoms in total. The molecule has 0 radical (unpaired) electrons.